The van der Waals surface area contributed by atoms with Gasteiger partial charge in [0.2, 0.25) is 0 Å². The molecule has 3 rings (SSSR count). The summed E-state index contributed by atoms with van der Waals surface area (Å²) < 4.78 is 16.2. The summed E-state index contributed by atoms with van der Waals surface area (Å²) in [6.07, 6.45) is 3.66. The predicted octanol–water partition coefficient (Wildman–Crippen LogP) is 1.79. The maximum absolute atomic E-state index is 12.7. The molecule has 1 amide bonds. The van der Waals surface area contributed by atoms with Crippen LogP contribution in [0.4, 0.5) is 0 Å². The molecule has 1 aromatic carbocycles. The van der Waals surface area contributed by atoms with Crippen LogP contribution in [0.25, 0.3) is 0 Å². The zero-order chi connectivity index (χ0) is 16.9. The Morgan fingerprint density at radius 1 is 1.12 bits per heavy atom. The van der Waals surface area contributed by atoms with E-state index in [1.165, 1.54) is 13.3 Å². The first kappa shape index (κ1) is 16.0. The summed E-state index contributed by atoms with van der Waals surface area (Å²) >= 11 is 0. The normalized spacial score (nSPS) is 16.8. The van der Waals surface area contributed by atoms with E-state index in [4.69, 9.17) is 14.2 Å². The number of carbonyl (C=O) groups is 1. The van der Waals surface area contributed by atoms with Crippen molar-refractivity contribution < 1.29 is 19.0 Å². The topological polar surface area (TPSA) is 73.8 Å². The number of likely N-dealkylation sites (tertiary alicyclic amines) is 1. The Labute approximate surface area is 140 Å². The first-order valence-electron chi connectivity index (χ1n) is 7.67. The van der Waals surface area contributed by atoms with Crippen LogP contribution >= 0.6 is 0 Å². The molecule has 1 aromatic heterocycles. The van der Waals surface area contributed by atoms with E-state index in [9.17, 15) is 4.79 Å². The molecule has 0 bridgehead atoms. The number of amides is 1. The molecule has 0 N–H and O–H groups in total. The van der Waals surface area contributed by atoms with Crippen LogP contribution in [-0.4, -0.2) is 54.2 Å². The number of nitrogens with zero attached hydrogens (tertiary/aromatic N) is 3. The second-order valence-corrected chi connectivity index (χ2v) is 5.35. The highest BCUT2D eigenvalue weighted by molar-refractivity contribution is 5.97. The third kappa shape index (κ3) is 3.24. The van der Waals surface area contributed by atoms with Crippen molar-refractivity contribution in [3.63, 3.8) is 0 Å². The molecule has 126 valence electrons. The summed E-state index contributed by atoms with van der Waals surface area (Å²) in [5.74, 6) is 1.19. The smallest absolute Gasteiger partial charge is 0.278 e. The molecule has 1 saturated heterocycles. The van der Waals surface area contributed by atoms with Crippen LogP contribution in [-0.2, 0) is 0 Å². The molecule has 0 aliphatic carbocycles. The minimum atomic E-state index is -0.144. The summed E-state index contributed by atoms with van der Waals surface area (Å²) in [5, 5.41) is 0. The number of aromatic nitrogens is 2. The Hall–Kier alpha value is -2.83. The molecule has 1 aliphatic rings. The van der Waals surface area contributed by atoms with Crippen molar-refractivity contribution in [2.45, 2.75) is 12.5 Å². The Morgan fingerprint density at radius 2 is 1.88 bits per heavy atom. The molecule has 1 atom stereocenters. The molecule has 2 aromatic rings. The van der Waals surface area contributed by atoms with Crippen LogP contribution in [0.1, 0.15) is 16.8 Å². The molecule has 0 radical (unpaired) electrons. The standard InChI is InChI=1S/C17H19N3O4/c1-22-14-6-4-3-5-13(14)17(21)20-10-7-12(11-20)24-16-15(23-2)18-8-9-19-16/h3-6,8-9,12H,7,10-11H2,1-2H3. The van der Waals surface area contributed by atoms with Crippen molar-refractivity contribution in [1.29, 1.82) is 0 Å². The molecule has 1 fully saturated rings. The molecule has 7 heteroatoms. The van der Waals surface area contributed by atoms with Crippen LogP contribution in [0.15, 0.2) is 36.7 Å². The van der Waals surface area contributed by atoms with Gasteiger partial charge in [-0.2, -0.15) is 0 Å². The highest BCUT2D eigenvalue weighted by Gasteiger charge is 2.30. The summed E-state index contributed by atoms with van der Waals surface area (Å²) in [7, 11) is 3.07. The largest absolute Gasteiger partial charge is 0.496 e. The molecule has 1 aliphatic heterocycles. The fourth-order valence-electron chi connectivity index (χ4n) is 2.69. The van der Waals surface area contributed by atoms with E-state index in [1.807, 2.05) is 12.1 Å². The van der Waals surface area contributed by atoms with Crippen LogP contribution < -0.4 is 14.2 Å². The number of para-hydroxylation sites is 1. The van der Waals surface area contributed by atoms with E-state index >= 15 is 0 Å². The zero-order valence-corrected chi connectivity index (χ0v) is 13.6. The van der Waals surface area contributed by atoms with E-state index in [1.54, 1.807) is 30.3 Å². The van der Waals surface area contributed by atoms with Crippen LogP contribution in [0, 0.1) is 0 Å². The number of carbonyl (C=O) groups excluding carboxylic acids is 1. The van der Waals surface area contributed by atoms with Gasteiger partial charge >= 0.3 is 0 Å². The summed E-state index contributed by atoms with van der Waals surface area (Å²) in [6.45, 7) is 1.10. The number of hydrogen-bond acceptors (Lipinski definition) is 6. The first-order chi connectivity index (χ1) is 11.7. The van der Waals surface area contributed by atoms with Gasteiger partial charge in [-0.05, 0) is 12.1 Å². The average Bonchev–Trinajstić information content (AvgIpc) is 3.10. The highest BCUT2D eigenvalue weighted by atomic mass is 16.5. The Kier molecular flexibility index (Phi) is 4.79. The third-order valence-corrected chi connectivity index (χ3v) is 3.87. The lowest BCUT2D eigenvalue weighted by molar-refractivity contribution is 0.0767. The van der Waals surface area contributed by atoms with Gasteiger partial charge in [0.1, 0.15) is 11.9 Å². The van der Waals surface area contributed by atoms with Gasteiger partial charge in [-0.25, -0.2) is 9.97 Å². The first-order valence-corrected chi connectivity index (χ1v) is 7.67. The third-order valence-electron chi connectivity index (χ3n) is 3.87. The molecule has 7 nitrogen and oxygen atoms in total. The summed E-state index contributed by atoms with van der Waals surface area (Å²) in [6, 6.07) is 7.21. The van der Waals surface area contributed by atoms with Gasteiger partial charge in [-0.1, -0.05) is 12.1 Å². The van der Waals surface area contributed by atoms with Crippen LogP contribution in [0.3, 0.4) is 0 Å². The van der Waals surface area contributed by atoms with Gasteiger partial charge < -0.3 is 19.1 Å². The van der Waals surface area contributed by atoms with E-state index in [0.717, 1.165) is 6.42 Å². The average molecular weight is 329 g/mol. The van der Waals surface area contributed by atoms with Gasteiger partial charge in [0, 0.05) is 25.4 Å². The lowest BCUT2D eigenvalue weighted by atomic mass is 10.2. The van der Waals surface area contributed by atoms with Gasteiger partial charge in [0.15, 0.2) is 0 Å². The van der Waals surface area contributed by atoms with E-state index in [-0.39, 0.29) is 12.0 Å². The van der Waals surface area contributed by atoms with Crippen molar-refractivity contribution in [1.82, 2.24) is 14.9 Å². The number of ether oxygens (including phenoxy) is 3. The monoisotopic (exact) mass is 329 g/mol. The van der Waals surface area contributed by atoms with Gasteiger partial charge in [0.05, 0.1) is 26.3 Å². The maximum atomic E-state index is 12.7. The van der Waals surface area contributed by atoms with E-state index in [2.05, 4.69) is 9.97 Å². The summed E-state index contributed by atoms with van der Waals surface area (Å²) in [4.78, 5) is 22.6. The molecule has 0 saturated carbocycles. The second kappa shape index (κ2) is 7.16. The molecule has 0 spiro atoms. The number of benzene rings is 1. The van der Waals surface area contributed by atoms with E-state index < -0.39 is 0 Å². The lowest BCUT2D eigenvalue weighted by Crippen LogP contribution is -2.31. The second-order valence-electron chi connectivity index (χ2n) is 5.35. The number of methoxy groups -OCH3 is 2. The molecule has 1 unspecified atom stereocenters. The molecular formula is C17H19N3O4. The van der Waals surface area contributed by atoms with Gasteiger partial charge in [-0.3, -0.25) is 4.79 Å². The molecule has 24 heavy (non-hydrogen) atoms. The van der Waals surface area contributed by atoms with Crippen molar-refractivity contribution in [2.75, 3.05) is 27.3 Å². The fraction of sp³-hybridized carbons (Fsp3) is 0.353. The van der Waals surface area contributed by atoms with Crippen molar-refractivity contribution in [3.05, 3.63) is 42.2 Å². The van der Waals surface area contributed by atoms with E-state index in [0.29, 0.717) is 36.2 Å². The summed E-state index contributed by atoms with van der Waals surface area (Å²) in [5.41, 5.74) is 0.553. The van der Waals surface area contributed by atoms with Crippen LogP contribution in [0.5, 0.6) is 17.5 Å². The van der Waals surface area contributed by atoms with Crippen LogP contribution in [0.2, 0.25) is 0 Å². The van der Waals surface area contributed by atoms with Crippen molar-refractivity contribution >= 4 is 5.91 Å². The van der Waals surface area contributed by atoms with Gasteiger partial charge in [-0.15, -0.1) is 0 Å². The maximum Gasteiger partial charge on any atom is 0.278 e. The van der Waals surface area contributed by atoms with Crippen molar-refractivity contribution in [2.24, 2.45) is 0 Å². The number of rotatable bonds is 5. The highest BCUT2D eigenvalue weighted by Crippen LogP contribution is 2.26. The quantitative estimate of drug-likeness (QED) is 0.832. The Balaban J connectivity index is 1.68. The lowest BCUT2D eigenvalue weighted by Gasteiger charge is -2.18. The SMILES string of the molecule is COc1ccccc1C(=O)N1CCC(Oc2nccnc2OC)C1. The van der Waals surface area contributed by atoms with Crippen molar-refractivity contribution in [3.8, 4) is 17.5 Å². The zero-order valence-electron chi connectivity index (χ0n) is 13.6. The minimum Gasteiger partial charge on any atom is -0.496 e. The predicted molar refractivity (Wildman–Crippen MR) is 86.5 cm³/mol. The molecule has 2 heterocycles. The Bertz CT molecular complexity index is 722. The van der Waals surface area contributed by atoms with Gasteiger partial charge in [0.25, 0.3) is 17.7 Å². The fourth-order valence-corrected chi connectivity index (χ4v) is 2.69. The molecular weight excluding hydrogens is 310 g/mol. The Morgan fingerprint density at radius 3 is 2.62 bits per heavy atom. The minimum absolute atomic E-state index is 0.0651. The number of hydrogen-bond donors (Lipinski definition) is 0.